The average molecular weight is 458 g/mol. The topological polar surface area (TPSA) is 86.8 Å². The molecule has 0 radical (unpaired) electrons. The number of benzene rings is 1. The van der Waals surface area contributed by atoms with Crippen LogP contribution in [0.5, 0.6) is 0 Å². The van der Waals surface area contributed by atoms with Crippen molar-refractivity contribution < 1.29 is 16.8 Å². The van der Waals surface area contributed by atoms with Gasteiger partial charge in [0, 0.05) is 27.2 Å². The summed E-state index contributed by atoms with van der Waals surface area (Å²) < 4.78 is 55.4. The molecule has 1 aliphatic heterocycles. The molecule has 29 heavy (non-hydrogen) atoms. The Kier molecular flexibility index (Phi) is 6.28. The summed E-state index contributed by atoms with van der Waals surface area (Å²) in [4.78, 5) is 2.19. The predicted octanol–water partition coefficient (Wildman–Crippen LogP) is 3.41. The molecule has 0 unspecified atom stereocenters. The summed E-state index contributed by atoms with van der Waals surface area (Å²) in [7, 11) is -4.78. The van der Waals surface area contributed by atoms with Gasteiger partial charge in [0.1, 0.15) is 8.42 Å². The van der Waals surface area contributed by atoms with E-state index in [1.54, 1.807) is 26.0 Å². The van der Waals surface area contributed by atoms with E-state index in [1.165, 1.54) is 20.5 Å². The van der Waals surface area contributed by atoms with Crippen molar-refractivity contribution in [1.82, 2.24) is 4.31 Å². The molecular weight excluding hydrogens is 430 g/mol. The molecule has 0 saturated carbocycles. The second-order valence-corrected chi connectivity index (χ2v) is 12.6. The molecule has 1 saturated heterocycles. The van der Waals surface area contributed by atoms with E-state index in [2.05, 4.69) is 9.62 Å². The van der Waals surface area contributed by atoms with E-state index in [1.807, 2.05) is 12.1 Å². The van der Waals surface area contributed by atoms with Gasteiger partial charge in [0.05, 0.1) is 11.4 Å². The standard InChI is InChI=1S/C19H27N3O4S3/c1-14-15(2)19(29(25,26)21(3)4)27-18(14)28(23,24)20-16-10-6-7-11-17(16)22-12-8-5-9-13-22/h6-7,10-11,20H,5,8-9,12-13H2,1-4H3. The predicted molar refractivity (Wildman–Crippen MR) is 118 cm³/mol. The van der Waals surface area contributed by atoms with Crippen LogP contribution in [0.2, 0.25) is 0 Å². The molecule has 10 heteroatoms. The van der Waals surface area contributed by atoms with Crippen molar-refractivity contribution in [1.29, 1.82) is 0 Å². The number of nitrogens with zero attached hydrogens (tertiary/aromatic N) is 2. The Morgan fingerprint density at radius 1 is 0.931 bits per heavy atom. The number of hydrogen-bond donors (Lipinski definition) is 1. The first-order valence-corrected chi connectivity index (χ1v) is 13.2. The van der Waals surface area contributed by atoms with Crippen LogP contribution < -0.4 is 9.62 Å². The summed E-state index contributed by atoms with van der Waals surface area (Å²) in [5, 5.41) is 0. The number of hydrogen-bond acceptors (Lipinski definition) is 6. The lowest BCUT2D eigenvalue weighted by Crippen LogP contribution is -2.30. The molecule has 0 amide bonds. The zero-order valence-corrected chi connectivity index (χ0v) is 19.5. The lowest BCUT2D eigenvalue weighted by molar-refractivity contribution is 0.522. The largest absolute Gasteiger partial charge is 0.370 e. The molecule has 0 atom stereocenters. The first-order valence-electron chi connectivity index (χ1n) is 9.45. The number of sulfonamides is 2. The van der Waals surface area contributed by atoms with Crippen LogP contribution in [0.1, 0.15) is 30.4 Å². The SMILES string of the molecule is Cc1c(S(=O)(=O)Nc2ccccc2N2CCCCC2)sc(S(=O)(=O)N(C)C)c1C. The molecule has 1 aromatic carbocycles. The average Bonchev–Trinajstić information content (AvgIpc) is 2.99. The third-order valence-electron chi connectivity index (χ3n) is 5.16. The van der Waals surface area contributed by atoms with Crippen LogP contribution in [0.25, 0.3) is 0 Å². The van der Waals surface area contributed by atoms with Crippen molar-refractivity contribution in [3.63, 3.8) is 0 Å². The zero-order valence-electron chi connectivity index (χ0n) is 17.1. The van der Waals surface area contributed by atoms with Crippen LogP contribution in [0.15, 0.2) is 32.7 Å². The van der Waals surface area contributed by atoms with Gasteiger partial charge in [-0.2, -0.15) is 0 Å². The molecule has 1 aliphatic rings. The zero-order chi connectivity index (χ0) is 21.4. The second-order valence-electron chi connectivity index (χ2n) is 7.38. The van der Waals surface area contributed by atoms with Crippen LogP contribution in [0.4, 0.5) is 11.4 Å². The van der Waals surface area contributed by atoms with E-state index in [4.69, 9.17) is 0 Å². The summed E-state index contributed by atoms with van der Waals surface area (Å²) in [5.41, 5.74) is 2.28. The molecule has 160 valence electrons. The molecule has 1 aromatic heterocycles. The Bertz CT molecular complexity index is 1100. The fraction of sp³-hybridized carbons (Fsp3) is 0.474. The fourth-order valence-corrected chi connectivity index (χ4v) is 8.23. The van der Waals surface area contributed by atoms with Gasteiger partial charge < -0.3 is 4.90 Å². The van der Waals surface area contributed by atoms with Gasteiger partial charge in [0.15, 0.2) is 0 Å². The van der Waals surface area contributed by atoms with Gasteiger partial charge in [0.2, 0.25) is 0 Å². The summed E-state index contributed by atoms with van der Waals surface area (Å²) in [6, 6.07) is 7.34. The molecule has 2 aromatic rings. The van der Waals surface area contributed by atoms with Gasteiger partial charge in [0.25, 0.3) is 20.0 Å². The van der Waals surface area contributed by atoms with Crippen molar-refractivity contribution in [3.05, 3.63) is 35.4 Å². The third-order valence-corrected chi connectivity index (χ3v) is 11.0. The minimum atomic E-state index is -3.93. The molecule has 1 N–H and O–H groups in total. The highest BCUT2D eigenvalue weighted by Gasteiger charge is 2.30. The van der Waals surface area contributed by atoms with Crippen molar-refractivity contribution in [2.45, 2.75) is 41.5 Å². The smallest absolute Gasteiger partial charge is 0.271 e. The fourth-order valence-electron chi connectivity index (χ4n) is 3.37. The Morgan fingerprint density at radius 2 is 1.52 bits per heavy atom. The first-order chi connectivity index (χ1) is 13.6. The maximum absolute atomic E-state index is 13.2. The first kappa shape index (κ1) is 22.1. The van der Waals surface area contributed by atoms with E-state index in [0.717, 1.165) is 47.3 Å². The van der Waals surface area contributed by atoms with Crippen LogP contribution in [0.3, 0.4) is 0 Å². The Hall–Kier alpha value is -1.62. The van der Waals surface area contributed by atoms with Crippen LogP contribution in [0, 0.1) is 13.8 Å². The van der Waals surface area contributed by atoms with Crippen molar-refractivity contribution in [2.75, 3.05) is 36.8 Å². The minimum Gasteiger partial charge on any atom is -0.370 e. The quantitative estimate of drug-likeness (QED) is 0.718. The lowest BCUT2D eigenvalue weighted by atomic mass is 10.1. The van der Waals surface area contributed by atoms with Crippen molar-refractivity contribution >= 4 is 42.8 Å². The molecule has 3 rings (SSSR count). The highest BCUT2D eigenvalue weighted by molar-refractivity contribution is 7.96. The molecule has 7 nitrogen and oxygen atoms in total. The van der Waals surface area contributed by atoms with Crippen molar-refractivity contribution in [2.24, 2.45) is 0 Å². The number of piperidine rings is 1. The monoisotopic (exact) mass is 457 g/mol. The number of thiophene rings is 1. The summed E-state index contributed by atoms with van der Waals surface area (Å²) >= 11 is 0.795. The van der Waals surface area contributed by atoms with Crippen LogP contribution >= 0.6 is 11.3 Å². The van der Waals surface area contributed by atoms with E-state index in [9.17, 15) is 16.8 Å². The summed E-state index contributed by atoms with van der Waals surface area (Å²) in [6.07, 6.45) is 3.34. The number of nitrogens with one attached hydrogen (secondary N) is 1. The van der Waals surface area contributed by atoms with E-state index in [0.29, 0.717) is 16.8 Å². The highest BCUT2D eigenvalue weighted by atomic mass is 32.3. The van der Waals surface area contributed by atoms with Gasteiger partial charge in [-0.1, -0.05) is 12.1 Å². The maximum atomic E-state index is 13.2. The molecule has 0 spiro atoms. The van der Waals surface area contributed by atoms with Crippen LogP contribution in [-0.2, 0) is 20.0 Å². The van der Waals surface area contributed by atoms with E-state index < -0.39 is 20.0 Å². The lowest BCUT2D eigenvalue weighted by Gasteiger charge is -2.30. The maximum Gasteiger partial charge on any atom is 0.271 e. The molecule has 1 fully saturated rings. The Balaban J connectivity index is 2.00. The third kappa shape index (κ3) is 4.30. The minimum absolute atomic E-state index is 0.0314. The van der Waals surface area contributed by atoms with Gasteiger partial charge in [-0.15, -0.1) is 11.3 Å². The van der Waals surface area contributed by atoms with Gasteiger partial charge in [-0.3, -0.25) is 4.72 Å². The number of rotatable bonds is 6. The Morgan fingerprint density at radius 3 is 2.14 bits per heavy atom. The number of para-hydroxylation sites is 2. The Labute approximate surface area is 177 Å². The van der Waals surface area contributed by atoms with Crippen LogP contribution in [-0.4, -0.2) is 48.3 Å². The van der Waals surface area contributed by atoms with Crippen molar-refractivity contribution in [3.8, 4) is 0 Å². The van der Waals surface area contributed by atoms with Gasteiger partial charge >= 0.3 is 0 Å². The normalized spacial score (nSPS) is 15.7. The number of anilines is 2. The van der Waals surface area contributed by atoms with E-state index in [-0.39, 0.29) is 8.42 Å². The molecule has 0 aliphatic carbocycles. The molecule has 0 bridgehead atoms. The molecule has 2 heterocycles. The van der Waals surface area contributed by atoms with Gasteiger partial charge in [-0.05, 0) is 56.4 Å². The summed E-state index contributed by atoms with van der Waals surface area (Å²) in [5.74, 6) is 0. The summed E-state index contributed by atoms with van der Waals surface area (Å²) in [6.45, 7) is 5.07. The van der Waals surface area contributed by atoms with Gasteiger partial charge in [-0.25, -0.2) is 21.1 Å². The highest BCUT2D eigenvalue weighted by Crippen LogP contribution is 2.37. The second kappa shape index (κ2) is 8.25. The molecular formula is C19H27N3O4S3. The van der Waals surface area contributed by atoms with E-state index >= 15 is 0 Å².